The molecule has 0 saturated carbocycles. The lowest BCUT2D eigenvalue weighted by Crippen LogP contribution is -2.33. The van der Waals surface area contributed by atoms with Gasteiger partial charge in [0.1, 0.15) is 0 Å². The number of hydrogen-bond donors (Lipinski definition) is 2. The van der Waals surface area contributed by atoms with E-state index in [2.05, 4.69) is 25.2 Å². The molecule has 0 fully saturated rings. The maximum absolute atomic E-state index is 12.2. The summed E-state index contributed by atoms with van der Waals surface area (Å²) in [5, 5.41) is 11.9. The Morgan fingerprint density at radius 3 is 3.00 bits per heavy atom. The summed E-state index contributed by atoms with van der Waals surface area (Å²) >= 11 is 3.59. The summed E-state index contributed by atoms with van der Waals surface area (Å²) < 4.78 is 0. The minimum atomic E-state index is 0.0329. The van der Waals surface area contributed by atoms with Crippen LogP contribution in [0.2, 0.25) is 0 Å². The van der Waals surface area contributed by atoms with Crippen molar-refractivity contribution in [1.29, 1.82) is 0 Å². The van der Waals surface area contributed by atoms with E-state index >= 15 is 0 Å². The van der Waals surface area contributed by atoms with Gasteiger partial charge in [-0.2, -0.15) is 11.8 Å². The molecule has 5 heteroatoms. The molecule has 0 spiro atoms. The average Bonchev–Trinajstić information content (AvgIpc) is 2.86. The number of amides is 1. The van der Waals surface area contributed by atoms with Crippen molar-refractivity contribution < 1.29 is 9.90 Å². The topological polar surface area (TPSA) is 49.3 Å². The van der Waals surface area contributed by atoms with Gasteiger partial charge in [-0.05, 0) is 42.1 Å². The molecule has 3 nitrogen and oxygen atoms in total. The maximum Gasteiger partial charge on any atom is 0.261 e. The highest BCUT2D eigenvalue weighted by molar-refractivity contribution is 7.98. The van der Waals surface area contributed by atoms with E-state index < -0.39 is 0 Å². The molecule has 0 aliphatic carbocycles. The lowest BCUT2D eigenvalue weighted by molar-refractivity contribution is 0.0937. The number of aliphatic hydroxyl groups excluding tert-OH is 1. The molecule has 0 aromatic carbocycles. The second kappa shape index (κ2) is 6.96. The van der Waals surface area contributed by atoms with Gasteiger partial charge in [-0.1, -0.05) is 13.8 Å². The van der Waals surface area contributed by atoms with Crippen LogP contribution in [0.1, 0.15) is 46.8 Å². The molecule has 0 saturated heterocycles. The molecule has 112 valence electrons. The molecular formula is C15H23NO2S2. The molecule has 0 bridgehead atoms. The number of nitrogens with one attached hydrogen (secondary N) is 1. The minimum absolute atomic E-state index is 0.0329. The first-order valence-corrected chi connectivity index (χ1v) is 9.07. The van der Waals surface area contributed by atoms with Crippen LogP contribution in [0.5, 0.6) is 0 Å². The molecule has 1 aliphatic heterocycles. The van der Waals surface area contributed by atoms with Gasteiger partial charge in [0.25, 0.3) is 5.91 Å². The predicted molar refractivity (Wildman–Crippen MR) is 86.6 cm³/mol. The van der Waals surface area contributed by atoms with Crippen LogP contribution in [0.3, 0.4) is 0 Å². The van der Waals surface area contributed by atoms with Crippen LogP contribution in [0.25, 0.3) is 0 Å². The van der Waals surface area contributed by atoms with Crippen molar-refractivity contribution in [2.24, 2.45) is 5.41 Å². The van der Waals surface area contributed by atoms with Gasteiger partial charge in [0.05, 0.1) is 4.88 Å². The molecule has 0 radical (unpaired) electrons. The van der Waals surface area contributed by atoms with Crippen LogP contribution in [0.15, 0.2) is 6.07 Å². The molecule has 1 aliphatic rings. The van der Waals surface area contributed by atoms with E-state index in [-0.39, 0.29) is 17.9 Å². The van der Waals surface area contributed by atoms with Crippen LogP contribution in [0.4, 0.5) is 0 Å². The predicted octanol–water partition coefficient (Wildman–Crippen LogP) is 3.07. The molecule has 1 aromatic rings. The molecule has 2 N–H and O–H groups in total. The standard InChI is InChI=1S/C15H23NO2S2/c1-15(2,5-3-6-17)10-16-14(18)13-8-11-9-19-7-4-12(11)20-13/h8,17H,3-7,9-10H2,1-2H3,(H,16,18). The minimum Gasteiger partial charge on any atom is -0.396 e. The first-order chi connectivity index (χ1) is 9.52. The molecule has 2 heterocycles. The molecule has 20 heavy (non-hydrogen) atoms. The van der Waals surface area contributed by atoms with Crippen molar-refractivity contribution in [2.45, 2.75) is 38.9 Å². The van der Waals surface area contributed by atoms with E-state index in [1.54, 1.807) is 11.3 Å². The maximum atomic E-state index is 12.2. The Morgan fingerprint density at radius 1 is 1.50 bits per heavy atom. The van der Waals surface area contributed by atoms with Crippen molar-refractivity contribution >= 4 is 29.0 Å². The van der Waals surface area contributed by atoms with Crippen LogP contribution < -0.4 is 5.32 Å². The van der Waals surface area contributed by atoms with E-state index in [1.165, 1.54) is 16.2 Å². The third kappa shape index (κ3) is 4.24. The lowest BCUT2D eigenvalue weighted by atomic mass is 9.88. The number of fused-ring (bicyclic) bond motifs is 1. The van der Waals surface area contributed by atoms with Gasteiger partial charge < -0.3 is 10.4 Å². The van der Waals surface area contributed by atoms with Crippen molar-refractivity contribution in [3.05, 3.63) is 21.4 Å². The smallest absolute Gasteiger partial charge is 0.261 e. The summed E-state index contributed by atoms with van der Waals surface area (Å²) in [6, 6.07) is 2.06. The Hall–Kier alpha value is -0.520. The lowest BCUT2D eigenvalue weighted by Gasteiger charge is -2.24. The van der Waals surface area contributed by atoms with E-state index in [0.29, 0.717) is 6.54 Å². The number of carbonyl (C=O) groups is 1. The number of carbonyl (C=O) groups excluding carboxylic acids is 1. The number of rotatable bonds is 6. The summed E-state index contributed by atoms with van der Waals surface area (Å²) in [6.07, 6.45) is 2.80. The first-order valence-electron chi connectivity index (χ1n) is 7.10. The van der Waals surface area contributed by atoms with E-state index in [9.17, 15) is 4.79 Å². The van der Waals surface area contributed by atoms with Crippen LogP contribution in [0, 0.1) is 5.41 Å². The van der Waals surface area contributed by atoms with Gasteiger partial charge in [0.2, 0.25) is 0 Å². The SMILES string of the molecule is CC(C)(CCCO)CNC(=O)c1cc2c(s1)CCSC2. The fraction of sp³-hybridized carbons (Fsp3) is 0.667. The zero-order chi connectivity index (χ0) is 14.6. The van der Waals surface area contributed by atoms with Crippen molar-refractivity contribution in [1.82, 2.24) is 5.32 Å². The Labute approximate surface area is 129 Å². The molecule has 1 aromatic heterocycles. The first kappa shape index (κ1) is 15.9. The number of thiophene rings is 1. The highest BCUT2D eigenvalue weighted by atomic mass is 32.2. The zero-order valence-electron chi connectivity index (χ0n) is 12.2. The summed E-state index contributed by atoms with van der Waals surface area (Å²) in [5.74, 6) is 2.26. The molecule has 0 unspecified atom stereocenters. The number of aliphatic hydroxyl groups is 1. The Bertz CT molecular complexity index is 445. The van der Waals surface area contributed by atoms with Gasteiger partial charge in [-0.15, -0.1) is 11.3 Å². The van der Waals surface area contributed by atoms with Crippen LogP contribution in [-0.2, 0) is 12.2 Å². The van der Waals surface area contributed by atoms with Gasteiger partial charge in [-0.25, -0.2) is 0 Å². The van der Waals surface area contributed by atoms with E-state index in [4.69, 9.17) is 5.11 Å². The fourth-order valence-electron chi connectivity index (χ4n) is 2.31. The normalized spacial score (nSPS) is 14.9. The number of thioether (sulfide) groups is 1. The van der Waals surface area contributed by atoms with Crippen molar-refractivity contribution in [3.8, 4) is 0 Å². The van der Waals surface area contributed by atoms with E-state index in [0.717, 1.165) is 29.9 Å². The van der Waals surface area contributed by atoms with Gasteiger partial charge in [0, 0.05) is 23.8 Å². The summed E-state index contributed by atoms with van der Waals surface area (Å²) in [7, 11) is 0. The number of hydrogen-bond acceptors (Lipinski definition) is 4. The van der Waals surface area contributed by atoms with Crippen LogP contribution in [-0.4, -0.2) is 29.9 Å². The second-order valence-corrected chi connectivity index (χ2v) is 8.28. The van der Waals surface area contributed by atoms with Gasteiger partial charge >= 0.3 is 0 Å². The Morgan fingerprint density at radius 2 is 2.30 bits per heavy atom. The summed E-state index contributed by atoms with van der Waals surface area (Å²) in [6.45, 7) is 5.12. The van der Waals surface area contributed by atoms with E-state index in [1.807, 2.05) is 11.8 Å². The summed E-state index contributed by atoms with van der Waals surface area (Å²) in [4.78, 5) is 14.5. The number of aryl methyl sites for hydroxylation is 1. The molecule has 0 atom stereocenters. The second-order valence-electron chi connectivity index (χ2n) is 6.04. The highest BCUT2D eigenvalue weighted by Gasteiger charge is 2.21. The largest absolute Gasteiger partial charge is 0.396 e. The molecule has 2 rings (SSSR count). The molecule has 1 amide bonds. The molecular weight excluding hydrogens is 290 g/mol. The van der Waals surface area contributed by atoms with Crippen molar-refractivity contribution in [2.75, 3.05) is 18.9 Å². The van der Waals surface area contributed by atoms with Gasteiger partial charge in [-0.3, -0.25) is 4.79 Å². The zero-order valence-corrected chi connectivity index (χ0v) is 13.8. The Balaban J connectivity index is 1.90. The highest BCUT2D eigenvalue weighted by Crippen LogP contribution is 2.31. The van der Waals surface area contributed by atoms with Crippen LogP contribution >= 0.6 is 23.1 Å². The summed E-state index contributed by atoms with van der Waals surface area (Å²) in [5.41, 5.74) is 1.38. The monoisotopic (exact) mass is 313 g/mol. The fourth-order valence-corrected chi connectivity index (χ4v) is 4.60. The Kier molecular flexibility index (Phi) is 5.52. The average molecular weight is 313 g/mol. The third-order valence-electron chi connectivity index (χ3n) is 3.59. The van der Waals surface area contributed by atoms with Gasteiger partial charge in [0.15, 0.2) is 0 Å². The quantitative estimate of drug-likeness (QED) is 0.848. The van der Waals surface area contributed by atoms with Crippen molar-refractivity contribution in [3.63, 3.8) is 0 Å². The third-order valence-corrected chi connectivity index (χ3v) is 5.83.